The summed E-state index contributed by atoms with van der Waals surface area (Å²) in [7, 11) is 0. The van der Waals surface area contributed by atoms with E-state index in [1.807, 2.05) is 35.2 Å². The van der Waals surface area contributed by atoms with Gasteiger partial charge in [0.2, 0.25) is 5.91 Å². The molecule has 2 fully saturated rings. The molecule has 2 saturated heterocycles. The Morgan fingerprint density at radius 1 is 1.11 bits per heavy atom. The van der Waals surface area contributed by atoms with Gasteiger partial charge in [0.15, 0.2) is 0 Å². The first-order valence-corrected chi connectivity index (χ1v) is 9.98. The van der Waals surface area contributed by atoms with E-state index in [2.05, 4.69) is 10.4 Å². The molecule has 2 aliphatic heterocycles. The predicted molar refractivity (Wildman–Crippen MR) is 103 cm³/mol. The van der Waals surface area contributed by atoms with Crippen LogP contribution in [0.5, 0.6) is 0 Å². The number of likely N-dealkylation sites (tertiary alicyclic amines) is 1. The van der Waals surface area contributed by atoms with Gasteiger partial charge in [-0.3, -0.25) is 4.79 Å². The van der Waals surface area contributed by atoms with Crippen LogP contribution in [0.25, 0.3) is 5.69 Å². The van der Waals surface area contributed by atoms with E-state index in [0.29, 0.717) is 0 Å². The maximum absolute atomic E-state index is 13.1. The molecule has 2 aliphatic rings. The molecule has 0 unspecified atom stereocenters. The fourth-order valence-corrected chi connectivity index (χ4v) is 4.06. The molecule has 4 rings (SSSR count). The van der Waals surface area contributed by atoms with E-state index in [1.54, 1.807) is 4.57 Å². The van der Waals surface area contributed by atoms with Crippen molar-refractivity contribution < 1.29 is 4.79 Å². The van der Waals surface area contributed by atoms with Gasteiger partial charge in [-0.2, -0.15) is 5.10 Å². The molecule has 0 bridgehead atoms. The minimum absolute atomic E-state index is 0.0113. The number of nitrogens with zero attached hydrogens (tertiary/aromatic N) is 4. The average molecular weight is 369 g/mol. The molecule has 3 heterocycles. The first-order chi connectivity index (χ1) is 13.2. The van der Waals surface area contributed by atoms with Crippen LogP contribution in [0.2, 0.25) is 0 Å². The average Bonchev–Trinajstić information content (AvgIpc) is 3.06. The molecule has 144 valence electrons. The Kier molecular flexibility index (Phi) is 5.38. The fraction of sp³-hybridized carbons (Fsp3) is 0.550. The minimum atomic E-state index is -0.230. The highest BCUT2D eigenvalue weighted by atomic mass is 16.2. The van der Waals surface area contributed by atoms with E-state index >= 15 is 0 Å². The molecule has 1 atom stereocenters. The molecule has 1 amide bonds. The molecular weight excluding hydrogens is 342 g/mol. The van der Waals surface area contributed by atoms with Gasteiger partial charge >= 0.3 is 5.69 Å². The third kappa shape index (κ3) is 3.83. The van der Waals surface area contributed by atoms with Gasteiger partial charge in [-0.25, -0.2) is 14.0 Å². The number of hydrogen-bond acceptors (Lipinski definition) is 4. The van der Waals surface area contributed by atoms with Crippen molar-refractivity contribution in [2.75, 3.05) is 26.2 Å². The standard InChI is InChI=1S/C20H27N5O2/c26-18(23-12-5-2-6-13-23)15-24-20(27)25(17-9-3-1-4-10-17)19(22-24)16-8-7-11-21-14-16/h1,3-4,9-10,16,21H,2,5-8,11-15H2/t16-/m1/s1. The van der Waals surface area contributed by atoms with Gasteiger partial charge in [0.05, 0.1) is 5.69 Å². The number of carbonyl (C=O) groups is 1. The minimum Gasteiger partial charge on any atom is -0.341 e. The third-order valence-electron chi connectivity index (χ3n) is 5.53. The number of para-hydroxylation sites is 1. The summed E-state index contributed by atoms with van der Waals surface area (Å²) < 4.78 is 3.04. The SMILES string of the molecule is O=C(Cn1nc([C@@H]2CCCNC2)n(-c2ccccc2)c1=O)N1CCCCC1. The summed E-state index contributed by atoms with van der Waals surface area (Å²) in [5, 5.41) is 8.02. The highest BCUT2D eigenvalue weighted by Crippen LogP contribution is 2.23. The van der Waals surface area contributed by atoms with Crippen molar-refractivity contribution >= 4 is 5.91 Å². The largest absolute Gasteiger partial charge is 0.351 e. The number of piperidine rings is 2. The van der Waals surface area contributed by atoms with Crippen LogP contribution in [-0.4, -0.2) is 51.3 Å². The summed E-state index contributed by atoms with van der Waals surface area (Å²) in [4.78, 5) is 27.6. The number of amides is 1. The van der Waals surface area contributed by atoms with E-state index < -0.39 is 0 Å². The van der Waals surface area contributed by atoms with Crippen molar-refractivity contribution in [2.24, 2.45) is 0 Å². The van der Waals surface area contributed by atoms with Crippen molar-refractivity contribution in [1.82, 2.24) is 24.6 Å². The maximum atomic E-state index is 13.1. The lowest BCUT2D eigenvalue weighted by Gasteiger charge is -2.26. The Labute approximate surface area is 159 Å². The summed E-state index contributed by atoms with van der Waals surface area (Å²) >= 11 is 0. The second kappa shape index (κ2) is 8.08. The highest BCUT2D eigenvalue weighted by molar-refractivity contribution is 5.75. The van der Waals surface area contributed by atoms with Crippen LogP contribution in [-0.2, 0) is 11.3 Å². The lowest BCUT2D eigenvalue weighted by molar-refractivity contribution is -0.133. The monoisotopic (exact) mass is 369 g/mol. The van der Waals surface area contributed by atoms with E-state index in [4.69, 9.17) is 0 Å². The first-order valence-electron chi connectivity index (χ1n) is 9.98. The zero-order valence-electron chi connectivity index (χ0n) is 15.6. The zero-order chi connectivity index (χ0) is 18.6. The van der Waals surface area contributed by atoms with E-state index in [0.717, 1.165) is 63.4 Å². The van der Waals surface area contributed by atoms with Gasteiger partial charge in [0.25, 0.3) is 0 Å². The fourth-order valence-electron chi connectivity index (χ4n) is 4.06. The number of hydrogen-bond donors (Lipinski definition) is 1. The molecule has 0 spiro atoms. The molecule has 27 heavy (non-hydrogen) atoms. The smallest absolute Gasteiger partial charge is 0.341 e. The van der Waals surface area contributed by atoms with Crippen molar-refractivity contribution in [3.63, 3.8) is 0 Å². The summed E-state index contributed by atoms with van der Waals surface area (Å²) in [6.45, 7) is 3.40. The molecule has 2 aromatic rings. The first kappa shape index (κ1) is 18.0. The lowest BCUT2D eigenvalue weighted by atomic mass is 9.99. The molecular formula is C20H27N5O2. The summed E-state index contributed by atoms with van der Waals surface area (Å²) in [6, 6.07) is 9.60. The van der Waals surface area contributed by atoms with Crippen LogP contribution in [0, 0.1) is 0 Å². The molecule has 7 heteroatoms. The van der Waals surface area contributed by atoms with Gasteiger partial charge in [-0.05, 0) is 50.8 Å². The normalized spacial score (nSPS) is 20.6. The van der Waals surface area contributed by atoms with Crippen LogP contribution in [0.15, 0.2) is 35.1 Å². The molecule has 0 aliphatic carbocycles. The van der Waals surface area contributed by atoms with E-state index in [9.17, 15) is 9.59 Å². The Balaban J connectivity index is 1.67. The summed E-state index contributed by atoms with van der Waals surface area (Å²) in [6.07, 6.45) is 5.31. The second-order valence-electron chi connectivity index (χ2n) is 7.45. The molecule has 0 saturated carbocycles. The molecule has 1 aromatic heterocycles. The van der Waals surface area contributed by atoms with Gasteiger partial charge < -0.3 is 10.2 Å². The van der Waals surface area contributed by atoms with Gasteiger partial charge in [0.1, 0.15) is 12.4 Å². The van der Waals surface area contributed by atoms with E-state index in [-0.39, 0.29) is 24.1 Å². The third-order valence-corrected chi connectivity index (χ3v) is 5.53. The summed E-state index contributed by atoms with van der Waals surface area (Å²) in [5.74, 6) is 0.922. The number of carbonyl (C=O) groups excluding carboxylic acids is 1. The Morgan fingerprint density at radius 2 is 1.89 bits per heavy atom. The molecule has 0 radical (unpaired) electrons. The molecule has 1 aromatic carbocycles. The van der Waals surface area contributed by atoms with Crippen LogP contribution >= 0.6 is 0 Å². The summed E-state index contributed by atoms with van der Waals surface area (Å²) in [5.41, 5.74) is 0.576. The van der Waals surface area contributed by atoms with Gasteiger partial charge in [-0.1, -0.05) is 18.2 Å². The topological polar surface area (TPSA) is 72.2 Å². The van der Waals surface area contributed by atoms with Crippen LogP contribution in [0.1, 0.15) is 43.8 Å². The second-order valence-corrected chi connectivity index (χ2v) is 7.45. The van der Waals surface area contributed by atoms with Gasteiger partial charge in [0, 0.05) is 25.6 Å². The number of rotatable bonds is 4. The van der Waals surface area contributed by atoms with Crippen LogP contribution in [0.3, 0.4) is 0 Å². The molecule has 1 N–H and O–H groups in total. The number of aromatic nitrogens is 3. The highest BCUT2D eigenvalue weighted by Gasteiger charge is 2.26. The van der Waals surface area contributed by atoms with E-state index in [1.165, 1.54) is 11.1 Å². The van der Waals surface area contributed by atoms with Crippen LogP contribution in [0.4, 0.5) is 0 Å². The lowest BCUT2D eigenvalue weighted by Crippen LogP contribution is -2.40. The predicted octanol–water partition coefficient (Wildman–Crippen LogP) is 1.51. The Bertz CT molecular complexity index is 830. The Morgan fingerprint density at radius 3 is 2.59 bits per heavy atom. The number of nitrogens with one attached hydrogen (secondary N) is 1. The number of benzene rings is 1. The van der Waals surface area contributed by atoms with Crippen molar-refractivity contribution in [3.05, 3.63) is 46.6 Å². The van der Waals surface area contributed by atoms with Crippen LogP contribution < -0.4 is 11.0 Å². The van der Waals surface area contributed by atoms with Crippen molar-refractivity contribution in [1.29, 1.82) is 0 Å². The quantitative estimate of drug-likeness (QED) is 0.887. The van der Waals surface area contributed by atoms with Crippen molar-refractivity contribution in [2.45, 2.75) is 44.6 Å². The van der Waals surface area contributed by atoms with Gasteiger partial charge in [-0.15, -0.1) is 0 Å². The molecule has 7 nitrogen and oxygen atoms in total. The Hall–Kier alpha value is -2.41. The van der Waals surface area contributed by atoms with Crippen molar-refractivity contribution in [3.8, 4) is 5.69 Å². The maximum Gasteiger partial charge on any atom is 0.351 e. The zero-order valence-corrected chi connectivity index (χ0v) is 15.6.